The zero-order chi connectivity index (χ0) is 16.3. The van der Waals surface area contributed by atoms with Crippen LogP contribution < -0.4 is 4.90 Å². The quantitative estimate of drug-likeness (QED) is 0.625. The van der Waals surface area contributed by atoms with E-state index in [1.54, 1.807) is 49.3 Å². The van der Waals surface area contributed by atoms with Gasteiger partial charge in [-0.15, -0.1) is 0 Å². The van der Waals surface area contributed by atoms with Crippen LogP contribution in [0.5, 0.6) is 0 Å². The Hall–Kier alpha value is -2.41. The van der Waals surface area contributed by atoms with Crippen LogP contribution >= 0.6 is 0 Å². The van der Waals surface area contributed by atoms with Crippen molar-refractivity contribution in [1.29, 1.82) is 0 Å². The third-order valence-electron chi connectivity index (χ3n) is 3.22. The van der Waals surface area contributed by atoms with Crippen molar-refractivity contribution in [3.05, 3.63) is 64.2 Å². The molecule has 0 saturated carbocycles. The smallest absolute Gasteiger partial charge is 0.273 e. The van der Waals surface area contributed by atoms with E-state index in [0.29, 0.717) is 5.69 Å². The zero-order valence-electron chi connectivity index (χ0n) is 12.3. The molecule has 0 bridgehead atoms. The number of hydrogen-bond donors (Lipinski definition) is 0. The lowest BCUT2D eigenvalue weighted by Crippen LogP contribution is -2.11. The minimum atomic E-state index is -3.63. The molecule has 0 aromatic heterocycles. The van der Waals surface area contributed by atoms with Gasteiger partial charge in [0.15, 0.2) is 9.84 Å². The molecule has 7 heteroatoms. The van der Waals surface area contributed by atoms with Crippen molar-refractivity contribution in [2.45, 2.75) is 10.6 Å². The highest BCUT2D eigenvalue weighted by molar-refractivity contribution is 7.90. The summed E-state index contributed by atoms with van der Waals surface area (Å²) in [5.41, 5.74) is 0.703. The number of sulfone groups is 1. The molecule has 116 valence electrons. The van der Waals surface area contributed by atoms with Crippen molar-refractivity contribution < 1.29 is 13.3 Å². The minimum Gasteiger partial charge on any atom is -0.378 e. The van der Waals surface area contributed by atoms with Gasteiger partial charge in [0.25, 0.3) is 5.69 Å². The summed E-state index contributed by atoms with van der Waals surface area (Å²) >= 11 is 0. The van der Waals surface area contributed by atoms with E-state index in [2.05, 4.69) is 0 Å². The van der Waals surface area contributed by atoms with E-state index in [-0.39, 0.29) is 16.1 Å². The van der Waals surface area contributed by atoms with E-state index in [1.165, 1.54) is 18.2 Å². The van der Waals surface area contributed by atoms with Gasteiger partial charge in [-0.25, -0.2) is 8.42 Å². The Balaban J connectivity index is 2.47. The molecule has 22 heavy (non-hydrogen) atoms. The van der Waals surface area contributed by atoms with Gasteiger partial charge in [-0.2, -0.15) is 0 Å². The fraction of sp³-hybridized carbons (Fsp3) is 0.200. The summed E-state index contributed by atoms with van der Waals surface area (Å²) in [7, 11) is -0.0581. The molecule has 0 N–H and O–H groups in total. The molecular weight excluding hydrogens is 304 g/mol. The van der Waals surface area contributed by atoms with Gasteiger partial charge in [-0.1, -0.05) is 18.2 Å². The first-order valence-corrected chi connectivity index (χ1v) is 8.19. The normalized spacial score (nSPS) is 11.2. The summed E-state index contributed by atoms with van der Waals surface area (Å²) in [5, 5.41) is 11.1. The lowest BCUT2D eigenvalue weighted by atomic mass is 10.1. The van der Waals surface area contributed by atoms with Crippen LogP contribution in [0, 0.1) is 10.1 Å². The van der Waals surface area contributed by atoms with Crippen LogP contribution in [0.4, 0.5) is 11.4 Å². The van der Waals surface area contributed by atoms with E-state index >= 15 is 0 Å². The number of benzene rings is 2. The molecule has 2 aromatic rings. The summed E-state index contributed by atoms with van der Waals surface area (Å²) < 4.78 is 24.8. The van der Waals surface area contributed by atoms with Gasteiger partial charge in [0.1, 0.15) is 0 Å². The highest BCUT2D eigenvalue weighted by atomic mass is 32.2. The van der Waals surface area contributed by atoms with Crippen LogP contribution in [0.15, 0.2) is 53.4 Å². The first kappa shape index (κ1) is 16.0. The zero-order valence-corrected chi connectivity index (χ0v) is 13.1. The lowest BCUT2D eigenvalue weighted by Gasteiger charge is -2.14. The van der Waals surface area contributed by atoms with Crippen molar-refractivity contribution in [2.75, 3.05) is 19.0 Å². The van der Waals surface area contributed by atoms with Crippen LogP contribution in [-0.2, 0) is 15.6 Å². The minimum absolute atomic E-state index is 0.152. The summed E-state index contributed by atoms with van der Waals surface area (Å²) in [6.07, 6.45) is 0. The van der Waals surface area contributed by atoms with Crippen LogP contribution in [0.1, 0.15) is 5.56 Å². The predicted molar refractivity (Wildman–Crippen MR) is 84.8 cm³/mol. The van der Waals surface area contributed by atoms with E-state index in [9.17, 15) is 18.5 Å². The van der Waals surface area contributed by atoms with Gasteiger partial charge < -0.3 is 4.90 Å². The molecule has 0 saturated heterocycles. The maximum Gasteiger partial charge on any atom is 0.273 e. The van der Waals surface area contributed by atoms with Crippen LogP contribution in [0.2, 0.25) is 0 Å². The van der Waals surface area contributed by atoms with Crippen LogP contribution in [0.25, 0.3) is 0 Å². The van der Waals surface area contributed by atoms with Crippen LogP contribution in [0.3, 0.4) is 0 Å². The van der Waals surface area contributed by atoms with Crippen molar-refractivity contribution >= 4 is 21.2 Å². The second kappa shape index (κ2) is 6.15. The number of hydrogen-bond acceptors (Lipinski definition) is 5. The largest absolute Gasteiger partial charge is 0.378 e. The highest BCUT2D eigenvalue weighted by Gasteiger charge is 2.22. The average Bonchev–Trinajstić information content (AvgIpc) is 2.47. The first-order valence-electron chi connectivity index (χ1n) is 6.54. The molecule has 0 aliphatic heterocycles. The predicted octanol–water partition coefficient (Wildman–Crippen LogP) is 2.63. The maximum absolute atomic E-state index is 12.4. The summed E-state index contributed by atoms with van der Waals surface area (Å²) in [6, 6.07) is 12.4. The van der Waals surface area contributed by atoms with Crippen molar-refractivity contribution in [2.24, 2.45) is 0 Å². The SMILES string of the molecule is CN(C)c1ccc([N+](=O)[O-])c(CS(=O)(=O)c2ccccc2)c1. The monoisotopic (exact) mass is 320 g/mol. The molecule has 6 nitrogen and oxygen atoms in total. The number of anilines is 1. The molecule has 0 aliphatic carbocycles. The molecular formula is C15H16N2O4S. The van der Waals surface area contributed by atoms with Crippen molar-refractivity contribution in [3.8, 4) is 0 Å². The molecule has 0 unspecified atom stereocenters. The van der Waals surface area contributed by atoms with Gasteiger partial charge >= 0.3 is 0 Å². The Morgan fingerprint density at radius 1 is 1.09 bits per heavy atom. The Morgan fingerprint density at radius 2 is 1.73 bits per heavy atom. The van der Waals surface area contributed by atoms with Crippen LogP contribution in [-0.4, -0.2) is 27.4 Å². The fourth-order valence-electron chi connectivity index (χ4n) is 2.06. The molecule has 0 fully saturated rings. The number of rotatable bonds is 5. The molecule has 0 aliphatic rings. The lowest BCUT2D eigenvalue weighted by molar-refractivity contribution is -0.385. The third kappa shape index (κ3) is 3.43. The molecule has 0 amide bonds. The highest BCUT2D eigenvalue weighted by Crippen LogP contribution is 2.27. The molecule has 0 heterocycles. The maximum atomic E-state index is 12.4. The van der Waals surface area contributed by atoms with Gasteiger partial charge in [0, 0.05) is 31.4 Å². The van der Waals surface area contributed by atoms with E-state index in [0.717, 1.165) is 0 Å². The number of nitro benzene ring substituents is 1. The van der Waals surface area contributed by atoms with Gasteiger partial charge in [0.2, 0.25) is 0 Å². The average molecular weight is 320 g/mol. The Kier molecular flexibility index (Phi) is 4.46. The summed E-state index contributed by atoms with van der Waals surface area (Å²) in [5.74, 6) is -0.408. The third-order valence-corrected chi connectivity index (χ3v) is 4.91. The second-order valence-electron chi connectivity index (χ2n) is 5.04. The molecule has 2 aromatic carbocycles. The molecule has 0 atom stereocenters. The fourth-order valence-corrected chi connectivity index (χ4v) is 3.44. The molecule has 0 spiro atoms. The number of nitrogens with zero attached hydrogens (tertiary/aromatic N) is 2. The summed E-state index contributed by atoms with van der Waals surface area (Å²) in [6.45, 7) is 0. The van der Waals surface area contributed by atoms with E-state index in [4.69, 9.17) is 0 Å². The van der Waals surface area contributed by atoms with Crippen molar-refractivity contribution in [1.82, 2.24) is 0 Å². The van der Waals surface area contributed by atoms with Gasteiger partial charge in [-0.05, 0) is 24.3 Å². The van der Waals surface area contributed by atoms with Gasteiger partial charge in [-0.3, -0.25) is 10.1 Å². The van der Waals surface area contributed by atoms with Gasteiger partial charge in [0.05, 0.1) is 15.6 Å². The second-order valence-corrected chi connectivity index (χ2v) is 7.03. The summed E-state index contributed by atoms with van der Waals surface area (Å²) in [4.78, 5) is 12.5. The molecule has 0 radical (unpaired) electrons. The molecule has 2 rings (SSSR count). The Morgan fingerprint density at radius 3 is 2.27 bits per heavy atom. The number of nitro groups is 1. The Labute approximate surface area is 129 Å². The van der Waals surface area contributed by atoms with Crippen molar-refractivity contribution in [3.63, 3.8) is 0 Å². The van der Waals surface area contributed by atoms with E-state index in [1.807, 2.05) is 0 Å². The van der Waals surface area contributed by atoms with E-state index < -0.39 is 20.5 Å². The standard InChI is InChI=1S/C15H16N2O4S/c1-16(2)13-8-9-15(17(18)19)12(10-13)11-22(20,21)14-6-4-3-5-7-14/h3-10H,11H2,1-2H3. The first-order chi connectivity index (χ1) is 10.3. The topological polar surface area (TPSA) is 80.5 Å². The Bertz CT molecular complexity index is 786.